The molecule has 2 aromatic carbocycles. The van der Waals surface area contributed by atoms with Crippen molar-refractivity contribution in [2.75, 3.05) is 11.9 Å². The quantitative estimate of drug-likeness (QED) is 0.483. The fraction of sp³-hybridized carbons (Fsp3) is 0.100. The molecule has 0 aliphatic rings. The third-order valence-corrected chi connectivity index (χ3v) is 4.75. The molecule has 28 heavy (non-hydrogen) atoms. The highest BCUT2D eigenvalue weighted by Crippen LogP contribution is 2.29. The van der Waals surface area contributed by atoms with Crippen LogP contribution in [-0.4, -0.2) is 18.5 Å². The van der Waals surface area contributed by atoms with Gasteiger partial charge in [0.1, 0.15) is 4.88 Å². The van der Waals surface area contributed by atoms with Crippen LogP contribution in [0.5, 0.6) is 0 Å². The van der Waals surface area contributed by atoms with E-state index in [0.29, 0.717) is 16.5 Å². The van der Waals surface area contributed by atoms with Gasteiger partial charge in [0.15, 0.2) is 24.1 Å². The monoisotopic (exact) mass is 405 g/mol. The van der Waals surface area contributed by atoms with Crippen LogP contribution in [0, 0.1) is 24.4 Å². The molecule has 144 valence electrons. The van der Waals surface area contributed by atoms with E-state index >= 15 is 0 Å². The summed E-state index contributed by atoms with van der Waals surface area (Å²) in [5.74, 6) is -6.20. The number of anilines is 1. The van der Waals surface area contributed by atoms with Gasteiger partial charge in [-0.2, -0.15) is 0 Å². The molecule has 1 heterocycles. The summed E-state index contributed by atoms with van der Waals surface area (Å²) in [5.41, 5.74) is 2.02. The molecule has 0 bridgehead atoms. The Bertz CT molecular complexity index is 1030. The van der Waals surface area contributed by atoms with Gasteiger partial charge in [-0.25, -0.2) is 18.0 Å². The number of rotatable bonds is 5. The standard InChI is InChI=1S/C20H14F3NO3S/c1-11-2-4-12(5-3-11)13-8-9-28-19(13)20(26)27-10-16(25)24-15-7-6-14(21)17(22)18(15)23/h2-9H,10H2,1H3,(H,24,25). The van der Waals surface area contributed by atoms with Crippen LogP contribution < -0.4 is 5.32 Å². The SMILES string of the molecule is Cc1ccc(-c2ccsc2C(=O)OCC(=O)Nc2ccc(F)c(F)c2F)cc1. The van der Waals surface area contributed by atoms with Crippen LogP contribution in [0.1, 0.15) is 15.2 Å². The minimum absolute atomic E-state index is 0.315. The van der Waals surface area contributed by atoms with Gasteiger partial charge in [0.2, 0.25) is 0 Å². The Morgan fingerprint density at radius 1 is 1.00 bits per heavy atom. The van der Waals surface area contributed by atoms with E-state index in [-0.39, 0.29) is 0 Å². The van der Waals surface area contributed by atoms with Crippen molar-refractivity contribution in [3.8, 4) is 11.1 Å². The van der Waals surface area contributed by atoms with Crippen LogP contribution >= 0.6 is 11.3 Å². The molecule has 0 fully saturated rings. The second kappa shape index (κ2) is 8.26. The predicted molar refractivity (Wildman–Crippen MR) is 99.7 cm³/mol. The molecule has 3 rings (SSSR count). The summed E-state index contributed by atoms with van der Waals surface area (Å²) in [4.78, 5) is 24.5. The Labute approximate surface area is 162 Å². The lowest BCUT2D eigenvalue weighted by atomic mass is 10.1. The Morgan fingerprint density at radius 2 is 1.71 bits per heavy atom. The first-order chi connectivity index (χ1) is 13.4. The van der Waals surface area contributed by atoms with Gasteiger partial charge >= 0.3 is 5.97 Å². The number of hydrogen-bond acceptors (Lipinski definition) is 4. The molecule has 1 amide bonds. The topological polar surface area (TPSA) is 55.4 Å². The summed E-state index contributed by atoms with van der Waals surface area (Å²) in [6.07, 6.45) is 0. The Morgan fingerprint density at radius 3 is 2.43 bits per heavy atom. The minimum Gasteiger partial charge on any atom is -0.451 e. The van der Waals surface area contributed by atoms with Gasteiger partial charge < -0.3 is 10.1 Å². The number of aryl methyl sites for hydroxylation is 1. The van der Waals surface area contributed by atoms with E-state index in [2.05, 4.69) is 0 Å². The fourth-order valence-corrected chi connectivity index (χ4v) is 3.24. The number of halogens is 3. The zero-order valence-electron chi connectivity index (χ0n) is 14.6. The lowest BCUT2D eigenvalue weighted by Crippen LogP contribution is -2.21. The zero-order chi connectivity index (χ0) is 20.3. The van der Waals surface area contributed by atoms with Crippen LogP contribution in [0.2, 0.25) is 0 Å². The zero-order valence-corrected chi connectivity index (χ0v) is 15.4. The molecule has 0 saturated carbocycles. The average molecular weight is 405 g/mol. The van der Waals surface area contributed by atoms with E-state index in [4.69, 9.17) is 4.74 Å². The first kappa shape index (κ1) is 19.6. The van der Waals surface area contributed by atoms with Crippen molar-refractivity contribution in [3.05, 3.63) is 75.7 Å². The van der Waals surface area contributed by atoms with Crippen LogP contribution in [-0.2, 0) is 9.53 Å². The van der Waals surface area contributed by atoms with Gasteiger partial charge in [-0.3, -0.25) is 4.79 Å². The van der Waals surface area contributed by atoms with Crippen molar-refractivity contribution in [2.24, 2.45) is 0 Å². The van der Waals surface area contributed by atoms with E-state index in [1.807, 2.05) is 36.5 Å². The molecule has 8 heteroatoms. The molecule has 0 aliphatic carbocycles. The molecule has 0 spiro atoms. The maximum atomic E-state index is 13.6. The molecule has 0 aliphatic heterocycles. The van der Waals surface area contributed by atoms with Gasteiger partial charge in [-0.15, -0.1) is 11.3 Å². The number of carbonyl (C=O) groups excluding carboxylic acids is 2. The van der Waals surface area contributed by atoms with E-state index in [0.717, 1.165) is 28.5 Å². The fourth-order valence-electron chi connectivity index (χ4n) is 2.43. The second-order valence-electron chi connectivity index (χ2n) is 5.88. The summed E-state index contributed by atoms with van der Waals surface area (Å²) < 4.78 is 44.6. The molecule has 0 unspecified atom stereocenters. The van der Waals surface area contributed by atoms with Gasteiger partial charge in [0.25, 0.3) is 5.91 Å². The molecule has 1 N–H and O–H groups in total. The summed E-state index contributed by atoms with van der Waals surface area (Å²) in [5, 5.41) is 3.76. The summed E-state index contributed by atoms with van der Waals surface area (Å²) in [7, 11) is 0. The lowest BCUT2D eigenvalue weighted by molar-refractivity contribution is -0.119. The first-order valence-electron chi connectivity index (χ1n) is 8.12. The average Bonchev–Trinajstić information content (AvgIpc) is 3.17. The maximum absolute atomic E-state index is 13.6. The summed E-state index contributed by atoms with van der Waals surface area (Å²) >= 11 is 1.16. The number of carbonyl (C=O) groups is 2. The molecular weight excluding hydrogens is 391 g/mol. The highest BCUT2D eigenvalue weighted by Gasteiger charge is 2.19. The number of ether oxygens (including phenoxy) is 1. The van der Waals surface area contributed by atoms with Gasteiger partial charge in [-0.1, -0.05) is 29.8 Å². The van der Waals surface area contributed by atoms with Crippen molar-refractivity contribution in [2.45, 2.75) is 6.92 Å². The maximum Gasteiger partial charge on any atom is 0.349 e. The number of esters is 1. The lowest BCUT2D eigenvalue weighted by Gasteiger charge is -2.08. The van der Waals surface area contributed by atoms with Crippen molar-refractivity contribution >= 4 is 28.9 Å². The highest BCUT2D eigenvalue weighted by atomic mass is 32.1. The number of benzene rings is 2. The van der Waals surface area contributed by atoms with Crippen molar-refractivity contribution in [3.63, 3.8) is 0 Å². The van der Waals surface area contributed by atoms with E-state index < -0.39 is 41.6 Å². The molecule has 1 aromatic heterocycles. The van der Waals surface area contributed by atoms with E-state index in [1.165, 1.54) is 0 Å². The van der Waals surface area contributed by atoms with E-state index in [9.17, 15) is 22.8 Å². The summed E-state index contributed by atoms with van der Waals surface area (Å²) in [6.45, 7) is 1.24. The molecule has 3 aromatic rings. The number of thiophene rings is 1. The molecule has 0 atom stereocenters. The molecule has 4 nitrogen and oxygen atoms in total. The summed E-state index contributed by atoms with van der Waals surface area (Å²) in [6, 6.07) is 10.9. The van der Waals surface area contributed by atoms with Crippen LogP contribution in [0.25, 0.3) is 11.1 Å². The van der Waals surface area contributed by atoms with Crippen LogP contribution in [0.15, 0.2) is 47.8 Å². The second-order valence-corrected chi connectivity index (χ2v) is 6.79. The predicted octanol–water partition coefficient (Wildman–Crippen LogP) is 4.94. The third kappa shape index (κ3) is 4.23. The smallest absolute Gasteiger partial charge is 0.349 e. The highest BCUT2D eigenvalue weighted by molar-refractivity contribution is 7.12. The Kier molecular flexibility index (Phi) is 5.79. The molecule has 0 radical (unpaired) electrons. The first-order valence-corrected chi connectivity index (χ1v) is 9.00. The van der Waals surface area contributed by atoms with Gasteiger partial charge in [0.05, 0.1) is 5.69 Å². The third-order valence-electron chi connectivity index (χ3n) is 3.86. The molecule has 0 saturated heterocycles. The minimum atomic E-state index is -1.70. The van der Waals surface area contributed by atoms with Gasteiger partial charge in [-0.05, 0) is 36.1 Å². The normalized spacial score (nSPS) is 10.6. The molecular formula is C20H14F3NO3S. The van der Waals surface area contributed by atoms with Gasteiger partial charge in [0, 0.05) is 5.56 Å². The van der Waals surface area contributed by atoms with E-state index in [1.54, 1.807) is 11.4 Å². The van der Waals surface area contributed by atoms with Crippen molar-refractivity contribution in [1.82, 2.24) is 0 Å². The number of nitrogens with one attached hydrogen (secondary N) is 1. The van der Waals surface area contributed by atoms with Crippen LogP contribution in [0.3, 0.4) is 0 Å². The Hall–Kier alpha value is -3.13. The van der Waals surface area contributed by atoms with Crippen LogP contribution in [0.4, 0.5) is 18.9 Å². The van der Waals surface area contributed by atoms with Crippen molar-refractivity contribution in [1.29, 1.82) is 0 Å². The number of hydrogen-bond donors (Lipinski definition) is 1. The largest absolute Gasteiger partial charge is 0.451 e. The van der Waals surface area contributed by atoms with Crippen molar-refractivity contribution < 1.29 is 27.5 Å². The number of amides is 1. The Balaban J connectivity index is 1.65.